The predicted octanol–water partition coefficient (Wildman–Crippen LogP) is 6.79. The van der Waals surface area contributed by atoms with Gasteiger partial charge >= 0.3 is 0 Å². The Morgan fingerprint density at radius 3 is 1.42 bits per heavy atom. The van der Waals surface area contributed by atoms with Gasteiger partial charge in [0.15, 0.2) is 0 Å². The molecule has 0 aliphatic heterocycles. The standard InChI is InChI=1S/C16H40Si3/c1-10-14-15-18(8,9)16(17(5,6)7)19(11-2,12-3)13-4/h16H,10-15H2,1-9H3. The Balaban J connectivity index is 5.55. The molecule has 0 aromatic rings. The van der Waals surface area contributed by atoms with Gasteiger partial charge in [-0.3, -0.25) is 0 Å². The lowest BCUT2D eigenvalue weighted by atomic mass is 10.4. The molecule has 0 bridgehead atoms. The molecule has 19 heavy (non-hydrogen) atoms. The minimum Gasteiger partial charge on any atom is -0.0698 e. The SMILES string of the molecule is CCCC[Si](C)(C)C([Si](C)(C)C)[Si](CC)(CC)CC. The van der Waals surface area contributed by atoms with Crippen molar-refractivity contribution < 1.29 is 0 Å². The van der Waals surface area contributed by atoms with Gasteiger partial charge in [-0.1, -0.05) is 102 Å². The molecule has 0 radical (unpaired) electrons. The zero-order valence-electron chi connectivity index (χ0n) is 15.3. The maximum Gasteiger partial charge on any atom is 0.0506 e. The molecular weight excluding hydrogens is 276 g/mol. The van der Waals surface area contributed by atoms with E-state index >= 15 is 0 Å². The van der Waals surface area contributed by atoms with Crippen LogP contribution in [0.2, 0.25) is 61.7 Å². The minimum absolute atomic E-state index is 1.04. The summed E-state index contributed by atoms with van der Waals surface area (Å²) >= 11 is 0. The van der Waals surface area contributed by atoms with Crippen LogP contribution < -0.4 is 0 Å². The lowest BCUT2D eigenvalue weighted by Crippen LogP contribution is -2.59. The van der Waals surface area contributed by atoms with Gasteiger partial charge in [-0.25, -0.2) is 0 Å². The molecule has 0 aliphatic rings. The molecule has 0 N–H and O–H groups in total. The van der Waals surface area contributed by atoms with Gasteiger partial charge in [0.05, 0.1) is 8.07 Å². The molecular formula is C16H40Si3. The molecule has 1 unspecified atom stereocenters. The van der Waals surface area contributed by atoms with Crippen molar-refractivity contribution in [3.63, 3.8) is 0 Å². The van der Waals surface area contributed by atoms with Gasteiger partial charge in [-0.05, 0) is 0 Å². The van der Waals surface area contributed by atoms with Crippen molar-refractivity contribution in [1.29, 1.82) is 0 Å². The molecule has 0 spiro atoms. The van der Waals surface area contributed by atoms with Gasteiger partial charge in [0.25, 0.3) is 0 Å². The van der Waals surface area contributed by atoms with Crippen LogP contribution in [0.1, 0.15) is 40.5 Å². The van der Waals surface area contributed by atoms with E-state index < -0.39 is 24.2 Å². The molecule has 0 heterocycles. The highest BCUT2D eigenvalue weighted by atomic mass is 28.5. The molecule has 116 valence electrons. The zero-order valence-corrected chi connectivity index (χ0v) is 18.3. The topological polar surface area (TPSA) is 0 Å². The summed E-state index contributed by atoms with van der Waals surface area (Å²) in [6.07, 6.45) is 2.86. The average molecular weight is 317 g/mol. The van der Waals surface area contributed by atoms with Crippen molar-refractivity contribution in [3.05, 3.63) is 0 Å². The van der Waals surface area contributed by atoms with Crippen molar-refractivity contribution >= 4 is 24.2 Å². The lowest BCUT2D eigenvalue weighted by molar-refractivity contribution is 0.862. The Kier molecular flexibility index (Phi) is 7.86. The predicted molar refractivity (Wildman–Crippen MR) is 101 cm³/mol. The second-order valence-corrected chi connectivity index (χ2v) is 25.8. The summed E-state index contributed by atoms with van der Waals surface area (Å²) < 4.78 is 0. The highest BCUT2D eigenvalue weighted by Gasteiger charge is 2.51. The van der Waals surface area contributed by atoms with E-state index in [0.717, 1.165) is 0 Å². The molecule has 0 nitrogen and oxygen atoms in total. The van der Waals surface area contributed by atoms with Crippen LogP contribution in [0, 0.1) is 0 Å². The van der Waals surface area contributed by atoms with Crippen LogP contribution in [0.5, 0.6) is 0 Å². The highest BCUT2D eigenvalue weighted by Crippen LogP contribution is 2.47. The summed E-state index contributed by atoms with van der Waals surface area (Å²) in [5, 5.41) is 0. The van der Waals surface area contributed by atoms with Crippen LogP contribution in [-0.4, -0.2) is 24.2 Å². The molecule has 1 atom stereocenters. The Bertz CT molecular complexity index is 241. The van der Waals surface area contributed by atoms with Gasteiger partial charge in [0.2, 0.25) is 0 Å². The number of hydrogen-bond acceptors (Lipinski definition) is 0. The quantitative estimate of drug-likeness (QED) is 0.411. The molecule has 0 fully saturated rings. The smallest absolute Gasteiger partial charge is 0.0506 e. The molecule has 0 aromatic carbocycles. The first-order valence-electron chi connectivity index (χ1n) is 8.61. The van der Waals surface area contributed by atoms with E-state index in [-0.39, 0.29) is 0 Å². The molecule has 0 saturated carbocycles. The second kappa shape index (κ2) is 7.60. The first-order valence-corrected chi connectivity index (χ1v) is 18.2. The Labute approximate surface area is 126 Å². The third kappa shape index (κ3) is 4.85. The Morgan fingerprint density at radius 1 is 0.737 bits per heavy atom. The molecule has 3 heteroatoms. The van der Waals surface area contributed by atoms with Gasteiger partial charge in [0.1, 0.15) is 0 Å². The fraction of sp³-hybridized carbons (Fsp3) is 1.00. The van der Waals surface area contributed by atoms with Crippen LogP contribution >= 0.6 is 0 Å². The maximum absolute atomic E-state index is 2.73. The average Bonchev–Trinajstić information content (AvgIpc) is 2.31. The van der Waals surface area contributed by atoms with E-state index in [9.17, 15) is 0 Å². The summed E-state index contributed by atoms with van der Waals surface area (Å²) in [5.74, 6) is 0. The molecule has 0 amide bonds. The molecule has 0 aromatic heterocycles. The summed E-state index contributed by atoms with van der Waals surface area (Å²) in [6.45, 7) is 23.4. The zero-order chi connectivity index (χ0) is 15.3. The van der Waals surface area contributed by atoms with Crippen molar-refractivity contribution in [2.45, 2.75) is 102 Å². The summed E-state index contributed by atoms with van der Waals surface area (Å²) in [4.78, 5) is 1.21. The Morgan fingerprint density at radius 2 is 1.16 bits per heavy atom. The number of rotatable bonds is 9. The van der Waals surface area contributed by atoms with Crippen molar-refractivity contribution in [2.24, 2.45) is 0 Å². The van der Waals surface area contributed by atoms with Crippen molar-refractivity contribution in [3.8, 4) is 0 Å². The first-order chi connectivity index (χ1) is 8.61. The van der Waals surface area contributed by atoms with Gasteiger partial charge in [-0.15, -0.1) is 0 Å². The van der Waals surface area contributed by atoms with Crippen molar-refractivity contribution in [2.75, 3.05) is 0 Å². The Hall–Kier alpha value is 0.651. The normalized spacial score (nSPS) is 15.6. The van der Waals surface area contributed by atoms with Gasteiger partial charge in [0, 0.05) is 16.1 Å². The molecule has 0 aliphatic carbocycles. The maximum atomic E-state index is 2.73. The summed E-state index contributed by atoms with van der Waals surface area (Å²) in [5.41, 5.74) is 0. The van der Waals surface area contributed by atoms with Crippen LogP contribution in [0.15, 0.2) is 0 Å². The molecule has 0 saturated heterocycles. The third-order valence-electron chi connectivity index (χ3n) is 5.55. The largest absolute Gasteiger partial charge is 0.0698 e. The fourth-order valence-corrected chi connectivity index (χ4v) is 37.2. The van der Waals surface area contributed by atoms with E-state index in [2.05, 4.69) is 60.4 Å². The molecule has 0 rings (SSSR count). The van der Waals surface area contributed by atoms with E-state index in [1.807, 2.05) is 0 Å². The third-order valence-corrected chi connectivity index (χ3v) is 29.5. The first kappa shape index (κ1) is 19.7. The monoisotopic (exact) mass is 316 g/mol. The van der Waals surface area contributed by atoms with E-state index in [0.29, 0.717) is 0 Å². The van der Waals surface area contributed by atoms with Gasteiger partial charge < -0.3 is 0 Å². The fourth-order valence-electron chi connectivity index (χ4n) is 5.06. The van der Waals surface area contributed by atoms with Gasteiger partial charge in [-0.2, -0.15) is 0 Å². The van der Waals surface area contributed by atoms with Crippen molar-refractivity contribution in [1.82, 2.24) is 0 Å². The second-order valence-electron chi connectivity index (χ2n) is 8.31. The van der Waals surface area contributed by atoms with Crippen LogP contribution in [0.3, 0.4) is 0 Å². The van der Waals surface area contributed by atoms with Crippen LogP contribution in [0.4, 0.5) is 0 Å². The highest BCUT2D eigenvalue weighted by molar-refractivity contribution is 7.13. The summed E-state index contributed by atoms with van der Waals surface area (Å²) in [6, 6.07) is 6.15. The summed E-state index contributed by atoms with van der Waals surface area (Å²) in [7, 11) is -3.16. The number of hydrogen-bond donors (Lipinski definition) is 0. The number of unbranched alkanes of at least 4 members (excludes halogenated alkanes) is 1. The van der Waals surface area contributed by atoms with Crippen LogP contribution in [-0.2, 0) is 0 Å². The van der Waals surface area contributed by atoms with E-state index in [1.54, 1.807) is 6.04 Å². The van der Waals surface area contributed by atoms with Crippen LogP contribution in [0.25, 0.3) is 0 Å². The van der Waals surface area contributed by atoms with E-state index in [4.69, 9.17) is 0 Å². The van der Waals surface area contributed by atoms with E-state index in [1.165, 1.54) is 35.8 Å². The lowest BCUT2D eigenvalue weighted by Gasteiger charge is -2.52. The minimum atomic E-state index is -1.06.